The van der Waals surface area contributed by atoms with E-state index < -0.39 is 12.1 Å². The Morgan fingerprint density at radius 1 is 1.62 bits per heavy atom. The van der Waals surface area contributed by atoms with Crippen LogP contribution < -0.4 is 4.90 Å². The molecule has 0 bridgehead atoms. The van der Waals surface area contributed by atoms with Crippen molar-refractivity contribution in [3.63, 3.8) is 0 Å². The minimum absolute atomic E-state index is 0.313. The molecule has 5 heteroatoms. The molecule has 16 heavy (non-hydrogen) atoms. The largest absolute Gasteiger partial charge is 0.479 e. The molecule has 0 aliphatic rings. The molecule has 1 aromatic rings. The van der Waals surface area contributed by atoms with Gasteiger partial charge in [0.05, 0.1) is 0 Å². The smallest absolute Gasteiger partial charge is 0.333 e. The average Bonchev–Trinajstić information content (AvgIpc) is 2.25. The van der Waals surface area contributed by atoms with Gasteiger partial charge in [-0.1, -0.05) is 6.07 Å². The highest BCUT2D eigenvalue weighted by Crippen LogP contribution is 2.17. The fraction of sp³-hybridized carbons (Fsp3) is 0.455. The van der Waals surface area contributed by atoms with Crippen LogP contribution in [-0.4, -0.2) is 43.4 Å². The zero-order valence-electron chi connectivity index (χ0n) is 9.67. The monoisotopic (exact) mass is 224 g/mol. The lowest BCUT2D eigenvalue weighted by Gasteiger charge is -2.17. The van der Waals surface area contributed by atoms with Crippen molar-refractivity contribution < 1.29 is 14.6 Å². The van der Waals surface area contributed by atoms with Gasteiger partial charge in [0.2, 0.25) is 0 Å². The number of rotatable bonds is 5. The van der Waals surface area contributed by atoms with Crippen LogP contribution in [0.4, 0.5) is 5.82 Å². The summed E-state index contributed by atoms with van der Waals surface area (Å²) in [5.41, 5.74) is 0.863. The van der Waals surface area contributed by atoms with E-state index in [0.717, 1.165) is 11.4 Å². The quantitative estimate of drug-likeness (QED) is 0.801. The lowest BCUT2D eigenvalue weighted by Crippen LogP contribution is -2.26. The summed E-state index contributed by atoms with van der Waals surface area (Å²) in [6, 6.07) is 3.65. The third-order valence-electron chi connectivity index (χ3n) is 2.26. The minimum Gasteiger partial charge on any atom is -0.479 e. The van der Waals surface area contributed by atoms with Gasteiger partial charge in [-0.15, -0.1) is 0 Å². The number of aromatic nitrogens is 1. The van der Waals surface area contributed by atoms with Crippen LogP contribution in [0.5, 0.6) is 0 Å². The summed E-state index contributed by atoms with van der Waals surface area (Å²) in [5.74, 6) is -0.193. The molecule has 0 aliphatic carbocycles. The highest BCUT2D eigenvalue weighted by atomic mass is 16.5. The van der Waals surface area contributed by atoms with Crippen molar-refractivity contribution in [2.45, 2.75) is 12.5 Å². The number of pyridine rings is 1. The number of carbonyl (C=O) groups is 1. The normalized spacial score (nSPS) is 12.2. The van der Waals surface area contributed by atoms with Crippen LogP contribution in [0.2, 0.25) is 0 Å². The van der Waals surface area contributed by atoms with Gasteiger partial charge in [-0.2, -0.15) is 0 Å². The van der Waals surface area contributed by atoms with Gasteiger partial charge in [0, 0.05) is 33.8 Å². The maximum atomic E-state index is 10.9. The maximum absolute atomic E-state index is 10.9. The topological polar surface area (TPSA) is 62.7 Å². The first kappa shape index (κ1) is 12.4. The van der Waals surface area contributed by atoms with Crippen LogP contribution in [0.15, 0.2) is 18.3 Å². The van der Waals surface area contributed by atoms with Crippen LogP contribution in [0.1, 0.15) is 5.56 Å². The minimum atomic E-state index is -0.962. The molecule has 88 valence electrons. The highest BCUT2D eigenvalue weighted by Gasteiger charge is 2.19. The number of hydrogen-bond acceptors (Lipinski definition) is 4. The summed E-state index contributed by atoms with van der Waals surface area (Å²) in [7, 11) is 5.13. The van der Waals surface area contributed by atoms with Crippen molar-refractivity contribution in [2.75, 3.05) is 26.1 Å². The van der Waals surface area contributed by atoms with E-state index in [-0.39, 0.29) is 0 Å². The van der Waals surface area contributed by atoms with Gasteiger partial charge >= 0.3 is 5.97 Å². The standard InChI is InChI=1S/C11H16N2O3/c1-13(2)10-8(5-4-6-12-10)7-9(16-3)11(14)15/h4-6,9H,7H2,1-3H3,(H,14,15). The fourth-order valence-electron chi connectivity index (χ4n) is 1.46. The van der Waals surface area contributed by atoms with Crippen LogP contribution in [0, 0.1) is 0 Å². The Labute approximate surface area is 94.7 Å². The van der Waals surface area contributed by atoms with E-state index in [1.807, 2.05) is 25.1 Å². The molecule has 0 spiro atoms. The lowest BCUT2D eigenvalue weighted by molar-refractivity contribution is -0.148. The molecule has 1 unspecified atom stereocenters. The second-order valence-corrected chi connectivity index (χ2v) is 3.65. The molecular formula is C11H16N2O3. The van der Waals surface area contributed by atoms with Gasteiger partial charge < -0.3 is 14.7 Å². The number of nitrogens with zero attached hydrogens (tertiary/aromatic N) is 2. The first-order valence-electron chi connectivity index (χ1n) is 4.93. The molecule has 0 amide bonds. The van der Waals surface area contributed by atoms with E-state index in [9.17, 15) is 4.79 Å². The third kappa shape index (κ3) is 2.93. The number of hydrogen-bond donors (Lipinski definition) is 1. The molecule has 0 fully saturated rings. The summed E-state index contributed by atoms with van der Waals surface area (Å²) in [6.45, 7) is 0. The number of methoxy groups -OCH3 is 1. The number of carboxylic acids is 1. The number of carboxylic acid groups (broad SMARTS) is 1. The third-order valence-corrected chi connectivity index (χ3v) is 2.26. The Bertz CT molecular complexity index is 366. The van der Waals surface area contributed by atoms with E-state index in [0.29, 0.717) is 6.42 Å². The second kappa shape index (κ2) is 5.46. The lowest BCUT2D eigenvalue weighted by atomic mass is 10.1. The Balaban J connectivity index is 2.91. The van der Waals surface area contributed by atoms with Crippen molar-refractivity contribution in [3.8, 4) is 0 Å². The molecule has 0 saturated carbocycles. The van der Waals surface area contributed by atoms with E-state index in [4.69, 9.17) is 9.84 Å². The Morgan fingerprint density at radius 2 is 2.31 bits per heavy atom. The van der Waals surface area contributed by atoms with E-state index >= 15 is 0 Å². The molecule has 0 aromatic carbocycles. The molecule has 1 rings (SSSR count). The summed E-state index contributed by atoms with van der Waals surface area (Å²) in [4.78, 5) is 16.9. The Hall–Kier alpha value is -1.62. The SMILES string of the molecule is COC(Cc1cccnc1N(C)C)C(=O)O. The number of aliphatic carboxylic acids is 1. The first-order chi connectivity index (χ1) is 7.56. The second-order valence-electron chi connectivity index (χ2n) is 3.65. The molecule has 5 nitrogen and oxygen atoms in total. The van der Waals surface area contributed by atoms with Crippen molar-refractivity contribution in [1.82, 2.24) is 4.98 Å². The van der Waals surface area contributed by atoms with E-state index in [2.05, 4.69) is 4.98 Å². The van der Waals surface area contributed by atoms with Crippen LogP contribution >= 0.6 is 0 Å². The summed E-state index contributed by atoms with van der Waals surface area (Å²) < 4.78 is 4.90. The first-order valence-corrected chi connectivity index (χ1v) is 4.93. The molecule has 0 saturated heterocycles. The van der Waals surface area contributed by atoms with Crippen LogP contribution in [0.25, 0.3) is 0 Å². The number of anilines is 1. The molecule has 1 aromatic heterocycles. The van der Waals surface area contributed by atoms with Gasteiger partial charge in [0.15, 0.2) is 6.10 Å². The Kier molecular flexibility index (Phi) is 4.25. The van der Waals surface area contributed by atoms with E-state index in [1.165, 1.54) is 7.11 Å². The molecule has 0 aliphatic heterocycles. The molecule has 1 atom stereocenters. The molecular weight excluding hydrogens is 208 g/mol. The zero-order valence-corrected chi connectivity index (χ0v) is 9.67. The summed E-state index contributed by atoms with van der Waals surface area (Å²) in [6.07, 6.45) is 1.16. The molecule has 1 N–H and O–H groups in total. The van der Waals surface area contributed by atoms with Gasteiger partial charge in [0.1, 0.15) is 5.82 Å². The van der Waals surface area contributed by atoms with Gasteiger partial charge in [0.25, 0.3) is 0 Å². The predicted molar refractivity (Wildman–Crippen MR) is 60.7 cm³/mol. The van der Waals surface area contributed by atoms with Gasteiger partial charge in [-0.25, -0.2) is 9.78 Å². The average molecular weight is 224 g/mol. The van der Waals surface area contributed by atoms with Crippen molar-refractivity contribution in [1.29, 1.82) is 0 Å². The zero-order chi connectivity index (χ0) is 12.1. The highest BCUT2D eigenvalue weighted by molar-refractivity contribution is 5.73. The van der Waals surface area contributed by atoms with Crippen molar-refractivity contribution in [3.05, 3.63) is 23.9 Å². The fourth-order valence-corrected chi connectivity index (χ4v) is 1.46. The summed E-state index contributed by atoms with van der Waals surface area (Å²) >= 11 is 0. The van der Waals surface area contributed by atoms with Crippen molar-refractivity contribution >= 4 is 11.8 Å². The number of ether oxygens (including phenoxy) is 1. The Morgan fingerprint density at radius 3 is 2.81 bits per heavy atom. The van der Waals surface area contributed by atoms with Crippen molar-refractivity contribution in [2.24, 2.45) is 0 Å². The van der Waals surface area contributed by atoms with E-state index in [1.54, 1.807) is 12.3 Å². The molecule has 1 heterocycles. The van der Waals surface area contributed by atoms with Crippen LogP contribution in [0.3, 0.4) is 0 Å². The van der Waals surface area contributed by atoms with Gasteiger partial charge in [-0.3, -0.25) is 0 Å². The maximum Gasteiger partial charge on any atom is 0.333 e. The van der Waals surface area contributed by atoms with Crippen LogP contribution in [-0.2, 0) is 16.0 Å². The molecule has 0 radical (unpaired) electrons. The van der Waals surface area contributed by atoms with Gasteiger partial charge in [-0.05, 0) is 11.6 Å². The predicted octanol–water partition coefficient (Wildman–Crippen LogP) is 0.790. The summed E-state index contributed by atoms with van der Waals surface area (Å²) in [5, 5.41) is 8.91.